The number of nitrogens with one attached hydrogen (secondary N) is 3. The molecule has 0 bridgehead atoms. The Morgan fingerprint density at radius 2 is 1.62 bits per heavy atom. The molecule has 1 atom stereocenters. The molecule has 11 nitrogen and oxygen atoms in total. The topological polar surface area (TPSA) is 136 Å². The Morgan fingerprint density at radius 1 is 0.872 bits per heavy atom. The summed E-state index contributed by atoms with van der Waals surface area (Å²) >= 11 is 14.0. The lowest BCUT2D eigenvalue weighted by atomic mass is 10.0. The monoisotopic (exact) mass is 669 g/mol. The predicted octanol–water partition coefficient (Wildman–Crippen LogP) is 5.78. The van der Waals surface area contributed by atoms with Crippen molar-refractivity contribution in [2.24, 2.45) is 0 Å². The molecule has 6 aromatic rings. The number of β-amino-alcohol motifs (C(OH)–C–C–N with tert-alkyl or cyclic N) is 1. The average molecular weight is 671 g/mol. The van der Waals surface area contributed by atoms with Gasteiger partial charge >= 0.3 is 0 Å². The van der Waals surface area contributed by atoms with Crippen LogP contribution in [0, 0.1) is 0 Å². The minimum Gasteiger partial charge on any atom is -0.395 e. The van der Waals surface area contributed by atoms with Gasteiger partial charge in [-0.2, -0.15) is 0 Å². The summed E-state index contributed by atoms with van der Waals surface area (Å²) in [6, 6.07) is 15.5. The zero-order valence-corrected chi connectivity index (χ0v) is 26.9. The minimum absolute atomic E-state index is 0.0630. The van der Waals surface area contributed by atoms with Crippen molar-refractivity contribution in [3.05, 3.63) is 101 Å². The van der Waals surface area contributed by atoms with E-state index in [0.29, 0.717) is 58.3 Å². The molecule has 0 aliphatic carbocycles. The maximum Gasteiger partial charge on any atom is 0.180 e. The number of aliphatic hydroxyl groups excluding tert-OH is 2. The maximum atomic E-state index is 9.88. The van der Waals surface area contributed by atoms with E-state index in [0.717, 1.165) is 52.8 Å². The van der Waals surface area contributed by atoms with Gasteiger partial charge in [0.25, 0.3) is 0 Å². The van der Waals surface area contributed by atoms with Gasteiger partial charge in [-0.3, -0.25) is 14.3 Å². The molecule has 5 N–H and O–H groups in total. The molecule has 1 saturated heterocycles. The van der Waals surface area contributed by atoms with E-state index in [-0.39, 0.29) is 12.7 Å². The molecule has 0 saturated carbocycles. The number of aromatic nitrogens is 5. The lowest BCUT2D eigenvalue weighted by Gasteiger charge is -2.16. The molecule has 4 aromatic heterocycles. The fourth-order valence-corrected chi connectivity index (χ4v) is 6.46. The normalized spacial score (nSPS) is 15.1. The first-order chi connectivity index (χ1) is 23.0. The molecule has 7 rings (SSSR count). The van der Waals surface area contributed by atoms with Crippen LogP contribution in [-0.4, -0.2) is 71.8 Å². The van der Waals surface area contributed by atoms with Crippen LogP contribution in [0.5, 0.6) is 0 Å². The van der Waals surface area contributed by atoms with Crippen molar-refractivity contribution in [2.45, 2.75) is 25.6 Å². The van der Waals surface area contributed by atoms with E-state index in [1.54, 1.807) is 18.6 Å². The molecular weight excluding hydrogens is 637 g/mol. The van der Waals surface area contributed by atoms with E-state index in [1.165, 1.54) is 0 Å². The van der Waals surface area contributed by atoms with Crippen molar-refractivity contribution in [3.63, 3.8) is 0 Å². The lowest BCUT2D eigenvalue weighted by molar-refractivity contribution is 0.175. The molecule has 47 heavy (non-hydrogen) atoms. The number of anilines is 4. The summed E-state index contributed by atoms with van der Waals surface area (Å²) in [5.41, 5.74) is 6.22. The number of imidazole rings is 1. The van der Waals surface area contributed by atoms with Crippen LogP contribution < -0.4 is 16.0 Å². The van der Waals surface area contributed by atoms with Gasteiger partial charge in [0.05, 0.1) is 46.0 Å². The molecular formula is C34H33Cl2N9O2. The van der Waals surface area contributed by atoms with Gasteiger partial charge in [0.15, 0.2) is 17.3 Å². The third-order valence-corrected chi connectivity index (χ3v) is 9.02. The third-order valence-electron chi connectivity index (χ3n) is 8.20. The molecule has 240 valence electrons. The Labute approximate surface area is 281 Å². The second kappa shape index (κ2) is 13.8. The highest BCUT2D eigenvalue weighted by Crippen LogP contribution is 2.41. The van der Waals surface area contributed by atoms with Gasteiger partial charge in [0.1, 0.15) is 5.52 Å². The van der Waals surface area contributed by atoms with Crippen LogP contribution >= 0.6 is 23.2 Å². The van der Waals surface area contributed by atoms with Crippen molar-refractivity contribution in [1.29, 1.82) is 0 Å². The van der Waals surface area contributed by atoms with E-state index in [4.69, 9.17) is 33.3 Å². The van der Waals surface area contributed by atoms with E-state index in [9.17, 15) is 5.11 Å². The molecule has 2 aromatic carbocycles. The van der Waals surface area contributed by atoms with Crippen LogP contribution in [0.15, 0.2) is 79.5 Å². The predicted molar refractivity (Wildman–Crippen MR) is 186 cm³/mol. The van der Waals surface area contributed by atoms with Gasteiger partial charge in [0.2, 0.25) is 0 Å². The molecule has 13 heteroatoms. The summed E-state index contributed by atoms with van der Waals surface area (Å²) in [5.74, 6) is 1.15. The smallest absolute Gasteiger partial charge is 0.180 e. The van der Waals surface area contributed by atoms with Crippen LogP contribution in [0.3, 0.4) is 0 Å². The number of pyridine rings is 2. The molecule has 1 aliphatic heterocycles. The largest absolute Gasteiger partial charge is 0.395 e. The van der Waals surface area contributed by atoms with Crippen molar-refractivity contribution >= 4 is 62.8 Å². The number of benzene rings is 2. The number of likely N-dealkylation sites (tertiary alicyclic amines) is 1. The molecule has 1 aliphatic rings. The zero-order chi connectivity index (χ0) is 32.3. The summed E-state index contributed by atoms with van der Waals surface area (Å²) < 4.78 is 1.94. The van der Waals surface area contributed by atoms with Crippen LogP contribution in [-0.2, 0) is 13.1 Å². The Bertz CT molecular complexity index is 2050. The quantitative estimate of drug-likeness (QED) is 0.108. The first-order valence-corrected chi connectivity index (χ1v) is 16.1. The Balaban J connectivity index is 1.14. The Hall–Kier alpha value is -4.36. The summed E-state index contributed by atoms with van der Waals surface area (Å²) in [6.07, 6.45) is 9.49. The van der Waals surface area contributed by atoms with Gasteiger partial charge in [-0.15, -0.1) is 0 Å². The fourth-order valence-electron chi connectivity index (χ4n) is 5.91. The number of hydrogen-bond acceptors (Lipinski definition) is 10. The number of rotatable bonds is 11. The molecule has 5 heterocycles. The number of halogens is 2. The maximum absolute atomic E-state index is 9.88. The average Bonchev–Trinajstić information content (AvgIpc) is 3.69. The SMILES string of the molecule is OCCNCc1cnc2c(Nc3cccc(-c4cccc(Nc5nccc6cc(CN7CC[C@@H](O)C7)cnc56)c4Cl)c3Cl)nccn12. The van der Waals surface area contributed by atoms with E-state index < -0.39 is 0 Å². The van der Waals surface area contributed by atoms with Crippen LogP contribution in [0.25, 0.3) is 27.7 Å². The molecule has 0 amide bonds. The van der Waals surface area contributed by atoms with Crippen molar-refractivity contribution in [2.75, 3.05) is 36.9 Å². The van der Waals surface area contributed by atoms with E-state index in [2.05, 4.69) is 41.9 Å². The summed E-state index contributed by atoms with van der Waals surface area (Å²) in [6.45, 7) is 3.41. The number of aliphatic hydroxyl groups is 2. The van der Waals surface area contributed by atoms with Gasteiger partial charge < -0.3 is 26.2 Å². The minimum atomic E-state index is -0.258. The van der Waals surface area contributed by atoms with Crippen molar-refractivity contribution < 1.29 is 10.2 Å². The van der Waals surface area contributed by atoms with Gasteiger partial charge in [-0.25, -0.2) is 15.0 Å². The Morgan fingerprint density at radius 3 is 2.34 bits per heavy atom. The number of fused-ring (bicyclic) bond motifs is 2. The zero-order valence-electron chi connectivity index (χ0n) is 25.4. The summed E-state index contributed by atoms with van der Waals surface area (Å²) in [5, 5.41) is 30.8. The lowest BCUT2D eigenvalue weighted by Crippen LogP contribution is -2.21. The molecule has 1 fully saturated rings. The van der Waals surface area contributed by atoms with Gasteiger partial charge in [-0.1, -0.05) is 47.5 Å². The van der Waals surface area contributed by atoms with E-state index in [1.807, 2.05) is 59.3 Å². The summed E-state index contributed by atoms with van der Waals surface area (Å²) in [4.78, 5) is 20.6. The number of hydrogen-bond donors (Lipinski definition) is 5. The first-order valence-electron chi connectivity index (χ1n) is 15.4. The molecule has 0 spiro atoms. The summed E-state index contributed by atoms with van der Waals surface area (Å²) in [7, 11) is 0. The fraction of sp³-hybridized carbons (Fsp3) is 0.235. The molecule has 0 unspecified atom stereocenters. The highest BCUT2D eigenvalue weighted by atomic mass is 35.5. The van der Waals surface area contributed by atoms with E-state index >= 15 is 0 Å². The standard InChI is InChI=1S/C34H33Cl2N9O2/c35-29-25(26-4-2-6-28(30(26)36)43-33-34-41-18-23(17-37-11-14-46)45(34)13-10-39-33)3-1-5-27(29)42-32-31-22(7-9-38-32)15-21(16-40-31)19-44-12-8-24(47)20-44/h1-7,9-10,13,15-16,18,24,37,46-47H,8,11-12,14,17,19-20H2,(H,38,42)(H,39,43)/t24-/m1/s1. The second-order valence-electron chi connectivity index (χ2n) is 11.5. The van der Waals surface area contributed by atoms with Gasteiger partial charge in [0, 0.05) is 74.0 Å². The number of nitrogens with zero attached hydrogens (tertiary/aromatic N) is 6. The highest BCUT2D eigenvalue weighted by molar-refractivity contribution is 6.39. The molecule has 0 radical (unpaired) electrons. The highest BCUT2D eigenvalue weighted by Gasteiger charge is 2.21. The van der Waals surface area contributed by atoms with Crippen molar-refractivity contribution in [1.82, 2.24) is 34.6 Å². The van der Waals surface area contributed by atoms with Gasteiger partial charge in [-0.05, 0) is 36.2 Å². The third kappa shape index (κ3) is 6.59. The Kier molecular flexibility index (Phi) is 9.16. The van der Waals surface area contributed by atoms with Crippen LogP contribution in [0.1, 0.15) is 17.7 Å². The van der Waals surface area contributed by atoms with Crippen LogP contribution in [0.2, 0.25) is 10.0 Å². The van der Waals surface area contributed by atoms with Crippen LogP contribution in [0.4, 0.5) is 23.0 Å². The first kappa shape index (κ1) is 31.3. The van der Waals surface area contributed by atoms with Crippen molar-refractivity contribution in [3.8, 4) is 11.1 Å². The second-order valence-corrected chi connectivity index (χ2v) is 12.2.